The summed E-state index contributed by atoms with van der Waals surface area (Å²) in [7, 11) is -3.43. The van der Waals surface area contributed by atoms with Crippen molar-refractivity contribution in [3.63, 3.8) is 0 Å². The number of nitrogens with zero attached hydrogens (tertiary/aromatic N) is 1. The molecule has 29 heavy (non-hydrogen) atoms. The van der Waals surface area contributed by atoms with E-state index in [1.54, 1.807) is 30.3 Å². The first kappa shape index (κ1) is 21.0. The lowest BCUT2D eigenvalue weighted by atomic mass is 10.1. The molecule has 2 aromatic carbocycles. The second-order valence-corrected chi connectivity index (χ2v) is 9.60. The van der Waals surface area contributed by atoms with E-state index in [1.807, 2.05) is 6.92 Å². The number of carbonyl (C=O) groups is 3. The van der Waals surface area contributed by atoms with Crippen LogP contribution >= 0.6 is 11.6 Å². The number of sulfone groups is 1. The van der Waals surface area contributed by atoms with Crippen molar-refractivity contribution in [2.24, 2.45) is 0 Å². The van der Waals surface area contributed by atoms with Gasteiger partial charge in [0.1, 0.15) is 15.9 Å². The Labute approximate surface area is 173 Å². The fourth-order valence-electron chi connectivity index (χ4n) is 3.13. The Balaban J connectivity index is 1.93. The van der Waals surface area contributed by atoms with Crippen LogP contribution < -0.4 is 5.32 Å². The number of carbonyl (C=O) groups excluding carboxylic acids is 3. The number of fused-ring (bicyclic) bond motifs is 1. The third-order valence-corrected chi connectivity index (χ3v) is 5.87. The Morgan fingerprint density at radius 2 is 1.69 bits per heavy atom. The average Bonchev–Trinajstić information content (AvgIpc) is 2.89. The molecule has 7 nitrogen and oxygen atoms in total. The van der Waals surface area contributed by atoms with Gasteiger partial charge >= 0.3 is 0 Å². The molecule has 0 bridgehead atoms. The van der Waals surface area contributed by atoms with Crippen molar-refractivity contribution in [1.82, 2.24) is 4.90 Å². The fourth-order valence-corrected chi connectivity index (χ4v) is 4.07. The number of halogens is 1. The number of aryl methyl sites for hydroxylation is 1. The Kier molecular flexibility index (Phi) is 5.77. The van der Waals surface area contributed by atoms with Crippen molar-refractivity contribution in [1.29, 1.82) is 0 Å². The van der Waals surface area contributed by atoms with Crippen LogP contribution in [0.4, 0.5) is 5.69 Å². The van der Waals surface area contributed by atoms with Crippen LogP contribution in [0, 0.1) is 6.92 Å². The highest BCUT2D eigenvalue weighted by Crippen LogP contribution is 2.28. The summed E-state index contributed by atoms with van der Waals surface area (Å²) in [6.07, 6.45) is 0.806. The third kappa shape index (κ3) is 4.49. The molecular weight excluding hydrogens is 416 g/mol. The normalized spacial score (nSPS) is 14.7. The number of amides is 3. The molecule has 1 aliphatic heterocycles. The standard InChI is InChI=1S/C20H19ClN2O5S/c1-12-7-8-16(15(21)11-12)22-18(24)17(9-10-29(2,27)28)23-19(25)13-5-3-4-6-14(13)20(23)26/h3-8,11,17H,9-10H2,1-2H3,(H,22,24). The Morgan fingerprint density at radius 3 is 2.21 bits per heavy atom. The molecule has 152 valence electrons. The molecule has 1 atom stereocenters. The van der Waals surface area contributed by atoms with E-state index in [1.165, 1.54) is 12.1 Å². The first-order chi connectivity index (χ1) is 13.6. The van der Waals surface area contributed by atoms with E-state index in [9.17, 15) is 22.8 Å². The van der Waals surface area contributed by atoms with E-state index >= 15 is 0 Å². The van der Waals surface area contributed by atoms with Crippen LogP contribution in [-0.2, 0) is 14.6 Å². The Morgan fingerprint density at radius 1 is 1.10 bits per heavy atom. The maximum absolute atomic E-state index is 13.0. The second kappa shape index (κ2) is 7.96. The molecule has 0 fully saturated rings. The van der Waals surface area contributed by atoms with E-state index in [-0.39, 0.29) is 23.3 Å². The summed E-state index contributed by atoms with van der Waals surface area (Å²) >= 11 is 6.16. The number of hydrogen-bond donors (Lipinski definition) is 1. The van der Waals surface area contributed by atoms with Gasteiger partial charge in [-0.15, -0.1) is 0 Å². The van der Waals surface area contributed by atoms with Gasteiger partial charge in [0.05, 0.1) is 27.6 Å². The van der Waals surface area contributed by atoms with Crippen molar-refractivity contribution in [3.05, 3.63) is 64.2 Å². The quantitative estimate of drug-likeness (QED) is 0.704. The molecule has 1 unspecified atom stereocenters. The van der Waals surface area contributed by atoms with Crippen LogP contribution in [0.2, 0.25) is 5.02 Å². The summed E-state index contributed by atoms with van der Waals surface area (Å²) in [5.74, 6) is -2.31. The maximum Gasteiger partial charge on any atom is 0.262 e. The van der Waals surface area contributed by atoms with Crippen molar-refractivity contribution in [2.45, 2.75) is 19.4 Å². The van der Waals surface area contributed by atoms with Gasteiger partial charge in [-0.3, -0.25) is 19.3 Å². The molecule has 3 rings (SSSR count). The summed E-state index contributed by atoms with van der Waals surface area (Å²) in [6, 6.07) is 9.94. The van der Waals surface area contributed by atoms with E-state index in [0.29, 0.717) is 10.7 Å². The summed E-state index contributed by atoms with van der Waals surface area (Å²) in [5.41, 5.74) is 1.57. The number of anilines is 1. The van der Waals surface area contributed by atoms with Gasteiger partial charge in [-0.25, -0.2) is 8.42 Å². The smallest absolute Gasteiger partial charge is 0.262 e. The minimum absolute atomic E-state index is 0.183. The zero-order valence-electron chi connectivity index (χ0n) is 15.8. The van der Waals surface area contributed by atoms with Crippen LogP contribution in [-0.4, -0.2) is 49.1 Å². The molecule has 1 aliphatic rings. The number of imide groups is 1. The summed E-state index contributed by atoms with van der Waals surface area (Å²) in [4.78, 5) is 39.4. The van der Waals surface area contributed by atoms with Crippen molar-refractivity contribution >= 4 is 44.8 Å². The lowest BCUT2D eigenvalue weighted by Crippen LogP contribution is -2.48. The highest BCUT2D eigenvalue weighted by molar-refractivity contribution is 7.90. The minimum atomic E-state index is -3.43. The fraction of sp³-hybridized carbons (Fsp3) is 0.250. The van der Waals surface area contributed by atoms with E-state index in [4.69, 9.17) is 11.6 Å². The molecule has 2 aromatic rings. The molecular formula is C20H19ClN2O5S. The predicted octanol–water partition coefficient (Wildman–Crippen LogP) is 2.69. The second-order valence-electron chi connectivity index (χ2n) is 6.93. The SMILES string of the molecule is Cc1ccc(NC(=O)C(CCS(C)(=O)=O)N2C(=O)c3ccccc3C2=O)c(Cl)c1. The number of rotatable bonds is 6. The van der Waals surface area contributed by atoms with Gasteiger partial charge in [0.25, 0.3) is 11.8 Å². The van der Waals surface area contributed by atoms with Gasteiger partial charge in [-0.05, 0) is 43.2 Å². The first-order valence-corrected chi connectivity index (χ1v) is 11.2. The van der Waals surface area contributed by atoms with Crippen LogP contribution in [0.15, 0.2) is 42.5 Å². The van der Waals surface area contributed by atoms with Crippen LogP contribution in [0.1, 0.15) is 32.7 Å². The summed E-state index contributed by atoms with van der Waals surface area (Å²) < 4.78 is 23.3. The molecule has 1 N–H and O–H groups in total. The summed E-state index contributed by atoms with van der Waals surface area (Å²) in [5, 5.41) is 2.90. The largest absolute Gasteiger partial charge is 0.323 e. The Hall–Kier alpha value is -2.71. The average molecular weight is 435 g/mol. The van der Waals surface area contributed by atoms with E-state index in [0.717, 1.165) is 16.7 Å². The topological polar surface area (TPSA) is 101 Å². The third-order valence-electron chi connectivity index (χ3n) is 4.58. The lowest BCUT2D eigenvalue weighted by Gasteiger charge is -2.25. The van der Waals surface area contributed by atoms with Crippen molar-refractivity contribution < 1.29 is 22.8 Å². The maximum atomic E-state index is 13.0. The molecule has 0 spiro atoms. The highest BCUT2D eigenvalue weighted by Gasteiger charge is 2.42. The van der Waals surface area contributed by atoms with Gasteiger partial charge in [0, 0.05) is 6.26 Å². The number of benzene rings is 2. The molecule has 0 saturated carbocycles. The van der Waals surface area contributed by atoms with E-state index in [2.05, 4.69) is 5.32 Å². The van der Waals surface area contributed by atoms with Crippen LogP contribution in [0.3, 0.4) is 0 Å². The molecule has 3 amide bonds. The first-order valence-electron chi connectivity index (χ1n) is 8.80. The lowest BCUT2D eigenvalue weighted by molar-refractivity contribution is -0.120. The molecule has 0 aliphatic carbocycles. The highest BCUT2D eigenvalue weighted by atomic mass is 35.5. The van der Waals surface area contributed by atoms with Gasteiger partial charge in [0.2, 0.25) is 5.91 Å². The number of hydrogen-bond acceptors (Lipinski definition) is 5. The Bertz CT molecular complexity index is 1080. The zero-order chi connectivity index (χ0) is 21.3. The predicted molar refractivity (Wildman–Crippen MR) is 110 cm³/mol. The molecule has 1 heterocycles. The van der Waals surface area contributed by atoms with E-state index < -0.39 is 33.6 Å². The van der Waals surface area contributed by atoms with Gasteiger partial charge in [-0.2, -0.15) is 0 Å². The summed E-state index contributed by atoms with van der Waals surface area (Å²) in [6.45, 7) is 1.84. The molecule has 0 radical (unpaired) electrons. The minimum Gasteiger partial charge on any atom is -0.323 e. The van der Waals surface area contributed by atoms with Gasteiger partial charge in [0.15, 0.2) is 0 Å². The van der Waals surface area contributed by atoms with Crippen molar-refractivity contribution in [3.8, 4) is 0 Å². The van der Waals surface area contributed by atoms with Crippen molar-refractivity contribution in [2.75, 3.05) is 17.3 Å². The monoisotopic (exact) mass is 434 g/mol. The van der Waals surface area contributed by atoms with Crippen LogP contribution in [0.5, 0.6) is 0 Å². The number of nitrogens with one attached hydrogen (secondary N) is 1. The van der Waals surface area contributed by atoms with Gasteiger partial charge < -0.3 is 5.32 Å². The molecule has 0 saturated heterocycles. The molecule has 9 heteroatoms. The van der Waals surface area contributed by atoms with Gasteiger partial charge in [-0.1, -0.05) is 29.8 Å². The molecule has 0 aromatic heterocycles. The van der Waals surface area contributed by atoms with Crippen LogP contribution in [0.25, 0.3) is 0 Å². The zero-order valence-corrected chi connectivity index (χ0v) is 17.4.